The molecule has 0 saturated carbocycles. The maximum absolute atomic E-state index is 12.8. The maximum atomic E-state index is 12.8. The Morgan fingerprint density at radius 1 is 1.45 bits per heavy atom. The second kappa shape index (κ2) is 5.20. The molecule has 1 aromatic rings. The van der Waals surface area contributed by atoms with E-state index in [4.69, 9.17) is 4.74 Å². The van der Waals surface area contributed by atoms with E-state index < -0.39 is 20.9 Å². The molecule has 22 heavy (non-hydrogen) atoms. The highest BCUT2D eigenvalue weighted by Gasteiger charge is 2.62. The summed E-state index contributed by atoms with van der Waals surface area (Å²) in [7, 11) is -1.96. The van der Waals surface area contributed by atoms with Crippen LogP contribution in [-0.4, -0.2) is 66.0 Å². The molecule has 2 fully saturated rings. The molecule has 2 aliphatic heterocycles. The smallest absolute Gasteiger partial charge is 0.225 e. The van der Waals surface area contributed by atoms with E-state index in [2.05, 4.69) is 4.98 Å². The van der Waals surface area contributed by atoms with Crippen molar-refractivity contribution in [2.45, 2.75) is 24.2 Å². The molecular formula is C14H19N3O4S. The lowest BCUT2D eigenvalue weighted by molar-refractivity contribution is -0.127. The summed E-state index contributed by atoms with van der Waals surface area (Å²) < 4.78 is 31.7. The quantitative estimate of drug-likeness (QED) is 0.770. The Balaban J connectivity index is 1.94. The lowest BCUT2D eigenvalue weighted by Crippen LogP contribution is -2.50. The molecule has 2 atom stereocenters. The van der Waals surface area contributed by atoms with Crippen molar-refractivity contribution in [2.24, 2.45) is 0 Å². The number of amides is 1. The summed E-state index contributed by atoms with van der Waals surface area (Å²) in [5.74, 6) is 0.289. The van der Waals surface area contributed by atoms with E-state index in [1.807, 2.05) is 0 Å². The number of sulfonamides is 1. The number of hydrogen-bond donors (Lipinski definition) is 0. The van der Waals surface area contributed by atoms with E-state index in [1.54, 1.807) is 36.3 Å². The highest BCUT2D eigenvalue weighted by Crippen LogP contribution is 2.41. The van der Waals surface area contributed by atoms with Gasteiger partial charge in [-0.25, -0.2) is 17.7 Å². The fourth-order valence-corrected chi connectivity index (χ4v) is 5.30. The molecule has 120 valence electrons. The molecule has 3 heterocycles. The Labute approximate surface area is 129 Å². The van der Waals surface area contributed by atoms with Gasteiger partial charge in [0.2, 0.25) is 21.8 Å². The number of likely N-dealkylation sites (tertiary alicyclic amines) is 1. The van der Waals surface area contributed by atoms with Gasteiger partial charge in [-0.3, -0.25) is 4.79 Å². The summed E-state index contributed by atoms with van der Waals surface area (Å²) in [6, 6.07) is 5.27. The second-order valence-electron chi connectivity index (χ2n) is 5.82. The van der Waals surface area contributed by atoms with Gasteiger partial charge in [0.15, 0.2) is 0 Å². The minimum Gasteiger partial charge on any atom is -0.471 e. The van der Waals surface area contributed by atoms with Crippen molar-refractivity contribution in [3.05, 3.63) is 24.4 Å². The zero-order valence-corrected chi connectivity index (χ0v) is 13.4. The van der Waals surface area contributed by atoms with Crippen LogP contribution in [0.15, 0.2) is 24.4 Å². The lowest BCUT2D eigenvalue weighted by atomic mass is 10.0. The first kappa shape index (κ1) is 15.2. The predicted molar refractivity (Wildman–Crippen MR) is 79.8 cm³/mol. The number of carbonyl (C=O) groups excluding carboxylic acids is 1. The molecule has 0 N–H and O–H groups in total. The summed E-state index contributed by atoms with van der Waals surface area (Å²) in [4.78, 5) is 17.3. The number of hydrogen-bond acceptors (Lipinski definition) is 5. The standard InChI is InChI=1S/C14H19N3O4S/c1-11(18)17-8-6-14(10-17)12(9-16(2)22(14,19)20)21-13-5-3-4-7-15-13/h3-5,7,12H,6,8-10H2,1-2H3/t12-,14+/m0/s1. The van der Waals surface area contributed by atoms with Crippen molar-refractivity contribution in [1.29, 1.82) is 0 Å². The fraction of sp³-hybridized carbons (Fsp3) is 0.571. The third-order valence-electron chi connectivity index (χ3n) is 4.54. The first-order valence-electron chi connectivity index (χ1n) is 7.16. The maximum Gasteiger partial charge on any atom is 0.225 e. The number of aromatic nitrogens is 1. The summed E-state index contributed by atoms with van der Waals surface area (Å²) in [5.41, 5.74) is 0. The van der Waals surface area contributed by atoms with Crippen LogP contribution in [0.5, 0.6) is 5.88 Å². The molecule has 2 saturated heterocycles. The average Bonchev–Trinajstić information content (AvgIpc) is 3.00. The van der Waals surface area contributed by atoms with Crippen LogP contribution >= 0.6 is 0 Å². The van der Waals surface area contributed by atoms with Gasteiger partial charge in [-0.05, 0) is 12.5 Å². The molecule has 1 aromatic heterocycles. The van der Waals surface area contributed by atoms with Crippen molar-refractivity contribution >= 4 is 15.9 Å². The Morgan fingerprint density at radius 3 is 2.82 bits per heavy atom. The molecule has 0 aromatic carbocycles. The number of pyridine rings is 1. The fourth-order valence-electron chi connectivity index (χ4n) is 3.23. The topological polar surface area (TPSA) is 79.8 Å². The van der Waals surface area contributed by atoms with Crippen LogP contribution in [0, 0.1) is 0 Å². The Hall–Kier alpha value is -1.67. The van der Waals surface area contributed by atoms with E-state index in [0.29, 0.717) is 18.8 Å². The van der Waals surface area contributed by atoms with Crippen molar-refractivity contribution in [1.82, 2.24) is 14.2 Å². The van der Waals surface area contributed by atoms with Crippen LogP contribution in [0.4, 0.5) is 0 Å². The number of likely N-dealkylation sites (N-methyl/N-ethyl adjacent to an activating group) is 1. The lowest BCUT2D eigenvalue weighted by Gasteiger charge is -2.28. The van der Waals surface area contributed by atoms with E-state index >= 15 is 0 Å². The third-order valence-corrected chi connectivity index (χ3v) is 7.14. The van der Waals surface area contributed by atoms with Crippen molar-refractivity contribution in [2.75, 3.05) is 26.7 Å². The van der Waals surface area contributed by atoms with E-state index in [0.717, 1.165) is 0 Å². The van der Waals surface area contributed by atoms with E-state index in [-0.39, 0.29) is 19.0 Å². The van der Waals surface area contributed by atoms with Gasteiger partial charge < -0.3 is 9.64 Å². The number of rotatable bonds is 2. The highest BCUT2D eigenvalue weighted by atomic mass is 32.2. The van der Waals surface area contributed by atoms with Gasteiger partial charge in [-0.15, -0.1) is 0 Å². The van der Waals surface area contributed by atoms with E-state index in [1.165, 1.54) is 11.2 Å². The van der Waals surface area contributed by atoms with Crippen LogP contribution in [0.1, 0.15) is 13.3 Å². The predicted octanol–water partition coefficient (Wildman–Crippen LogP) is 0.0952. The molecule has 7 nitrogen and oxygen atoms in total. The van der Waals surface area contributed by atoms with Crippen LogP contribution in [0.2, 0.25) is 0 Å². The van der Waals surface area contributed by atoms with E-state index in [9.17, 15) is 13.2 Å². The van der Waals surface area contributed by atoms with Crippen molar-refractivity contribution in [3.8, 4) is 5.88 Å². The Kier molecular flexibility index (Phi) is 3.60. The van der Waals surface area contributed by atoms with Crippen LogP contribution in [0.3, 0.4) is 0 Å². The Morgan fingerprint density at radius 2 is 2.23 bits per heavy atom. The highest BCUT2D eigenvalue weighted by molar-refractivity contribution is 7.90. The average molecular weight is 325 g/mol. The summed E-state index contributed by atoms with van der Waals surface area (Å²) in [5, 5.41) is 0. The number of carbonyl (C=O) groups is 1. The monoisotopic (exact) mass is 325 g/mol. The van der Waals surface area contributed by atoms with Gasteiger partial charge in [0.05, 0.1) is 6.54 Å². The molecule has 0 aliphatic carbocycles. The number of nitrogens with zero attached hydrogens (tertiary/aromatic N) is 3. The van der Waals surface area contributed by atoms with Gasteiger partial charge in [0.25, 0.3) is 0 Å². The summed E-state index contributed by atoms with van der Waals surface area (Å²) in [6.45, 7) is 2.33. The molecular weight excluding hydrogens is 306 g/mol. The van der Waals surface area contributed by atoms with Crippen molar-refractivity contribution < 1.29 is 17.9 Å². The van der Waals surface area contributed by atoms with Gasteiger partial charge in [0.1, 0.15) is 10.9 Å². The van der Waals surface area contributed by atoms with Gasteiger partial charge >= 0.3 is 0 Å². The SMILES string of the molecule is CC(=O)N1CC[C@@]2(C1)[C@@H](Oc1ccccn1)CN(C)S2(=O)=O. The van der Waals surface area contributed by atoms with Crippen LogP contribution < -0.4 is 4.74 Å². The molecule has 0 unspecified atom stereocenters. The Bertz CT molecular complexity index is 679. The third kappa shape index (κ3) is 2.17. The zero-order chi connectivity index (χ0) is 16.0. The van der Waals surface area contributed by atoms with Crippen LogP contribution in [-0.2, 0) is 14.8 Å². The van der Waals surface area contributed by atoms with Crippen molar-refractivity contribution in [3.63, 3.8) is 0 Å². The van der Waals surface area contributed by atoms with Gasteiger partial charge in [0, 0.05) is 39.3 Å². The summed E-state index contributed by atoms with van der Waals surface area (Å²) in [6.07, 6.45) is 1.45. The van der Waals surface area contributed by atoms with Gasteiger partial charge in [-0.1, -0.05) is 6.07 Å². The molecule has 3 rings (SSSR count). The zero-order valence-electron chi connectivity index (χ0n) is 12.6. The molecule has 1 amide bonds. The van der Waals surface area contributed by atoms with Gasteiger partial charge in [-0.2, -0.15) is 0 Å². The second-order valence-corrected chi connectivity index (χ2v) is 8.20. The minimum absolute atomic E-state index is 0.113. The minimum atomic E-state index is -3.51. The molecule has 1 spiro atoms. The summed E-state index contributed by atoms with van der Waals surface area (Å²) >= 11 is 0. The first-order chi connectivity index (χ1) is 10.4. The molecule has 8 heteroatoms. The molecule has 0 radical (unpaired) electrons. The number of ether oxygens (including phenoxy) is 1. The normalized spacial score (nSPS) is 30.8. The molecule has 0 bridgehead atoms. The first-order valence-corrected chi connectivity index (χ1v) is 8.60. The molecule has 2 aliphatic rings. The largest absolute Gasteiger partial charge is 0.471 e. The van der Waals surface area contributed by atoms with Crippen LogP contribution in [0.25, 0.3) is 0 Å².